The Morgan fingerprint density at radius 2 is 2.14 bits per heavy atom. The molecule has 1 aliphatic rings. The van der Waals surface area contributed by atoms with Crippen LogP contribution in [0.15, 0.2) is 24.3 Å². The number of carboxylic acid groups (broad SMARTS) is 1. The van der Waals surface area contributed by atoms with E-state index in [-0.39, 0.29) is 24.7 Å². The molecule has 2 atom stereocenters. The normalized spacial score (nSPS) is 20.1. The second kappa shape index (κ2) is 7.02. The molecule has 0 aliphatic carbocycles. The lowest BCUT2D eigenvalue weighted by Crippen LogP contribution is -2.45. The molecule has 2 rings (SSSR count). The van der Waals surface area contributed by atoms with Gasteiger partial charge in [0.2, 0.25) is 5.91 Å². The number of alkyl halides is 1. The van der Waals surface area contributed by atoms with Gasteiger partial charge in [0.05, 0.1) is 10.7 Å². The van der Waals surface area contributed by atoms with Gasteiger partial charge in [0, 0.05) is 13.1 Å². The fourth-order valence-corrected chi connectivity index (χ4v) is 3.16. The smallest absolute Gasteiger partial charge is 0.308 e. The van der Waals surface area contributed by atoms with Crippen molar-refractivity contribution in [3.8, 4) is 0 Å². The van der Waals surface area contributed by atoms with Crippen LogP contribution in [0.2, 0.25) is 0 Å². The van der Waals surface area contributed by atoms with E-state index < -0.39 is 16.7 Å². The van der Waals surface area contributed by atoms with Crippen molar-refractivity contribution in [2.45, 2.75) is 24.1 Å². The summed E-state index contributed by atoms with van der Waals surface area (Å²) in [6, 6.07) is 6.34. The number of hydrogen-bond donors (Lipinski definition) is 1. The summed E-state index contributed by atoms with van der Waals surface area (Å²) in [5.41, 5.74) is 0.472. The number of rotatable bonds is 4. The van der Waals surface area contributed by atoms with Gasteiger partial charge in [0.25, 0.3) is 0 Å². The number of benzene rings is 1. The Labute approximate surface area is 131 Å². The van der Waals surface area contributed by atoms with Crippen LogP contribution in [-0.4, -0.2) is 39.8 Å². The van der Waals surface area contributed by atoms with E-state index in [0.29, 0.717) is 24.9 Å². The zero-order chi connectivity index (χ0) is 15.4. The van der Waals surface area contributed by atoms with E-state index in [1.54, 1.807) is 23.1 Å². The molecule has 1 aromatic rings. The monoisotopic (exact) mass is 357 g/mol. The van der Waals surface area contributed by atoms with Gasteiger partial charge in [-0.3, -0.25) is 9.59 Å². The highest BCUT2D eigenvalue weighted by molar-refractivity contribution is 9.10. The summed E-state index contributed by atoms with van der Waals surface area (Å²) in [7, 11) is 0. The Hall–Kier alpha value is -1.43. The number of carbonyl (C=O) groups excluding carboxylic acids is 1. The summed E-state index contributed by atoms with van der Waals surface area (Å²) in [5, 5.41) is 9.05. The predicted octanol–water partition coefficient (Wildman–Crippen LogP) is 2.45. The molecule has 114 valence electrons. The van der Waals surface area contributed by atoms with Crippen molar-refractivity contribution in [2.75, 3.05) is 13.1 Å². The first-order valence-corrected chi connectivity index (χ1v) is 7.79. The van der Waals surface area contributed by atoms with E-state index in [1.807, 2.05) is 0 Å². The largest absolute Gasteiger partial charge is 0.481 e. The summed E-state index contributed by atoms with van der Waals surface area (Å²) in [4.78, 5) is 24.4. The maximum atomic E-state index is 13.6. The Morgan fingerprint density at radius 3 is 2.81 bits per heavy atom. The van der Waals surface area contributed by atoms with Crippen LogP contribution in [0.3, 0.4) is 0 Å². The van der Waals surface area contributed by atoms with E-state index in [1.165, 1.54) is 6.07 Å². The molecule has 0 radical (unpaired) electrons. The zero-order valence-electron chi connectivity index (χ0n) is 11.5. The van der Waals surface area contributed by atoms with Crippen LogP contribution < -0.4 is 0 Å². The van der Waals surface area contributed by atoms with Gasteiger partial charge < -0.3 is 10.0 Å². The number of halogens is 2. The molecular formula is C15H17BrFNO3. The van der Waals surface area contributed by atoms with Crippen molar-refractivity contribution in [1.29, 1.82) is 0 Å². The maximum Gasteiger partial charge on any atom is 0.308 e. The van der Waals surface area contributed by atoms with E-state index in [4.69, 9.17) is 5.11 Å². The van der Waals surface area contributed by atoms with Gasteiger partial charge in [-0.2, -0.15) is 0 Å². The lowest BCUT2D eigenvalue weighted by Gasteiger charge is -2.32. The Bertz CT molecular complexity index is 537. The van der Waals surface area contributed by atoms with Crippen LogP contribution in [0.4, 0.5) is 4.39 Å². The number of likely N-dealkylation sites (tertiary alicyclic amines) is 1. The highest BCUT2D eigenvalue weighted by Gasteiger charge is 2.31. The predicted molar refractivity (Wildman–Crippen MR) is 79.8 cm³/mol. The molecule has 6 heteroatoms. The Balaban J connectivity index is 1.99. The third-order valence-electron chi connectivity index (χ3n) is 3.71. The average Bonchev–Trinajstić information content (AvgIpc) is 2.49. The van der Waals surface area contributed by atoms with Crippen LogP contribution >= 0.6 is 15.9 Å². The first-order chi connectivity index (χ1) is 9.99. The van der Waals surface area contributed by atoms with Gasteiger partial charge in [0.15, 0.2) is 0 Å². The van der Waals surface area contributed by atoms with E-state index in [9.17, 15) is 14.0 Å². The van der Waals surface area contributed by atoms with Crippen molar-refractivity contribution in [3.05, 3.63) is 35.6 Å². The second-order valence-corrected chi connectivity index (χ2v) is 6.33. The zero-order valence-corrected chi connectivity index (χ0v) is 13.1. The van der Waals surface area contributed by atoms with Crippen LogP contribution in [-0.2, 0) is 16.0 Å². The van der Waals surface area contributed by atoms with Gasteiger partial charge in [-0.15, -0.1) is 0 Å². The van der Waals surface area contributed by atoms with E-state index in [0.717, 1.165) is 0 Å². The molecule has 2 unspecified atom stereocenters. The van der Waals surface area contributed by atoms with Crippen molar-refractivity contribution in [3.63, 3.8) is 0 Å². The number of carbonyl (C=O) groups is 2. The van der Waals surface area contributed by atoms with Crippen molar-refractivity contribution in [1.82, 2.24) is 4.90 Å². The van der Waals surface area contributed by atoms with Gasteiger partial charge in [-0.25, -0.2) is 4.39 Å². The third kappa shape index (κ3) is 4.03. The molecule has 0 spiro atoms. The number of carboxylic acids is 1. The number of hydrogen-bond acceptors (Lipinski definition) is 2. The summed E-state index contributed by atoms with van der Waals surface area (Å²) >= 11 is 3.30. The minimum absolute atomic E-state index is 0.177. The van der Waals surface area contributed by atoms with Gasteiger partial charge in [-0.05, 0) is 30.9 Å². The minimum Gasteiger partial charge on any atom is -0.481 e. The molecule has 1 heterocycles. The molecule has 1 saturated heterocycles. The van der Waals surface area contributed by atoms with Crippen molar-refractivity contribution in [2.24, 2.45) is 5.92 Å². The Morgan fingerprint density at radius 1 is 1.43 bits per heavy atom. The molecule has 0 saturated carbocycles. The minimum atomic E-state index is -0.868. The first-order valence-electron chi connectivity index (χ1n) is 6.88. The molecule has 4 nitrogen and oxygen atoms in total. The topological polar surface area (TPSA) is 57.6 Å². The summed E-state index contributed by atoms with van der Waals surface area (Å²) < 4.78 is 13.6. The molecule has 1 fully saturated rings. The van der Waals surface area contributed by atoms with Crippen molar-refractivity contribution >= 4 is 27.8 Å². The van der Waals surface area contributed by atoms with E-state index in [2.05, 4.69) is 15.9 Å². The van der Waals surface area contributed by atoms with Gasteiger partial charge >= 0.3 is 5.97 Å². The number of aliphatic carboxylic acids is 1. The average molecular weight is 358 g/mol. The highest BCUT2D eigenvalue weighted by Crippen LogP contribution is 2.21. The summed E-state index contributed by atoms with van der Waals surface area (Å²) in [6.45, 7) is 0.787. The lowest BCUT2D eigenvalue weighted by atomic mass is 9.97. The summed E-state index contributed by atoms with van der Waals surface area (Å²) in [6.07, 6.45) is 1.53. The molecule has 1 amide bonds. The molecule has 0 aromatic heterocycles. The fraction of sp³-hybridized carbons (Fsp3) is 0.467. The summed E-state index contributed by atoms with van der Waals surface area (Å²) in [5.74, 6) is -1.88. The molecule has 1 N–H and O–H groups in total. The molecule has 0 bridgehead atoms. The fourth-order valence-electron chi connectivity index (χ4n) is 2.52. The van der Waals surface area contributed by atoms with Crippen molar-refractivity contribution < 1.29 is 19.1 Å². The molecule has 21 heavy (non-hydrogen) atoms. The standard InChI is InChI=1S/C15H17BrFNO3/c16-12(8-10-4-1-2-6-13(10)17)14(19)18-7-3-5-11(9-18)15(20)21/h1-2,4,6,11-12H,3,5,7-9H2,(H,20,21). The van der Waals surface area contributed by atoms with Crippen LogP contribution in [0.25, 0.3) is 0 Å². The molecule has 1 aromatic carbocycles. The lowest BCUT2D eigenvalue weighted by molar-refractivity contribution is -0.145. The number of piperidine rings is 1. The first kappa shape index (κ1) is 15.9. The number of amides is 1. The van der Waals surface area contributed by atoms with Gasteiger partial charge in [0.1, 0.15) is 5.82 Å². The quantitative estimate of drug-likeness (QED) is 0.842. The maximum absolute atomic E-state index is 13.6. The Kier molecular flexibility index (Phi) is 5.33. The molecular weight excluding hydrogens is 341 g/mol. The van der Waals surface area contributed by atoms with E-state index >= 15 is 0 Å². The van der Waals surface area contributed by atoms with Crippen LogP contribution in [0.1, 0.15) is 18.4 Å². The number of nitrogens with zero attached hydrogens (tertiary/aromatic N) is 1. The molecule has 1 aliphatic heterocycles. The highest BCUT2D eigenvalue weighted by atomic mass is 79.9. The second-order valence-electron chi connectivity index (χ2n) is 5.22. The van der Waals surface area contributed by atoms with Crippen LogP contribution in [0, 0.1) is 11.7 Å². The SMILES string of the molecule is O=C(O)C1CCCN(C(=O)C(Br)Cc2ccccc2F)C1. The third-order valence-corrected chi connectivity index (χ3v) is 4.42. The van der Waals surface area contributed by atoms with Gasteiger partial charge in [-0.1, -0.05) is 34.1 Å². The van der Waals surface area contributed by atoms with Crippen LogP contribution in [0.5, 0.6) is 0 Å².